The van der Waals surface area contributed by atoms with Crippen molar-refractivity contribution in [3.8, 4) is 0 Å². The van der Waals surface area contributed by atoms with Crippen molar-refractivity contribution >= 4 is 11.8 Å². The smallest absolute Gasteiger partial charge is 0.308 e. The predicted molar refractivity (Wildman–Crippen MR) is 63.9 cm³/mol. The van der Waals surface area contributed by atoms with Gasteiger partial charge in [0.25, 0.3) is 0 Å². The van der Waals surface area contributed by atoms with Crippen LogP contribution in [0.5, 0.6) is 0 Å². The van der Waals surface area contributed by atoms with Gasteiger partial charge >= 0.3 is 5.97 Å². The summed E-state index contributed by atoms with van der Waals surface area (Å²) in [6.07, 6.45) is 2.27. The van der Waals surface area contributed by atoms with Crippen molar-refractivity contribution in [1.82, 2.24) is 9.97 Å². The molecule has 5 nitrogen and oxygen atoms in total. The summed E-state index contributed by atoms with van der Waals surface area (Å²) in [5, 5.41) is 9.12. The molecule has 1 aliphatic heterocycles. The molecule has 1 aliphatic rings. The Kier molecular flexibility index (Phi) is 3.26. The predicted octanol–water partition coefficient (Wildman–Crippen LogP) is 1.33. The zero-order valence-corrected chi connectivity index (χ0v) is 10.1. The normalized spacial score (nSPS) is 24.7. The molecular formula is C12H17N3O2. The second-order valence-electron chi connectivity index (χ2n) is 4.80. The molecule has 0 radical (unpaired) electrons. The van der Waals surface area contributed by atoms with Crippen LogP contribution < -0.4 is 4.90 Å². The van der Waals surface area contributed by atoms with E-state index in [2.05, 4.69) is 16.9 Å². The lowest BCUT2D eigenvalue weighted by molar-refractivity contribution is -0.142. The van der Waals surface area contributed by atoms with Crippen molar-refractivity contribution in [3.63, 3.8) is 0 Å². The molecule has 2 atom stereocenters. The molecular weight excluding hydrogens is 218 g/mol. The van der Waals surface area contributed by atoms with Gasteiger partial charge in [-0.3, -0.25) is 4.79 Å². The number of aryl methyl sites for hydroxylation is 1. The summed E-state index contributed by atoms with van der Waals surface area (Å²) in [4.78, 5) is 21.4. The molecule has 2 heterocycles. The topological polar surface area (TPSA) is 66.3 Å². The van der Waals surface area contributed by atoms with Crippen LogP contribution in [0.15, 0.2) is 12.4 Å². The van der Waals surface area contributed by atoms with Crippen LogP contribution in [0.2, 0.25) is 0 Å². The maximum Gasteiger partial charge on any atom is 0.308 e. The molecule has 0 bridgehead atoms. The van der Waals surface area contributed by atoms with Crippen molar-refractivity contribution in [3.05, 3.63) is 18.1 Å². The second-order valence-corrected chi connectivity index (χ2v) is 4.80. The summed E-state index contributed by atoms with van der Waals surface area (Å²) < 4.78 is 0. The maximum atomic E-state index is 11.1. The fourth-order valence-electron chi connectivity index (χ4n) is 2.33. The van der Waals surface area contributed by atoms with Gasteiger partial charge in [0, 0.05) is 24.8 Å². The van der Waals surface area contributed by atoms with Gasteiger partial charge in [-0.05, 0) is 19.3 Å². The SMILES string of the molecule is Cc1cc(N2CC(C)CC(C(=O)O)C2)ncn1. The van der Waals surface area contributed by atoms with E-state index < -0.39 is 5.97 Å². The minimum atomic E-state index is -0.715. The molecule has 0 spiro atoms. The highest BCUT2D eigenvalue weighted by Crippen LogP contribution is 2.25. The third kappa shape index (κ3) is 2.72. The molecule has 1 aromatic heterocycles. The lowest BCUT2D eigenvalue weighted by atomic mass is 9.90. The van der Waals surface area contributed by atoms with Crippen LogP contribution in [0.25, 0.3) is 0 Å². The first-order valence-corrected chi connectivity index (χ1v) is 5.82. The third-order valence-electron chi connectivity index (χ3n) is 3.12. The molecule has 1 aromatic rings. The minimum absolute atomic E-state index is 0.297. The molecule has 2 rings (SSSR count). The molecule has 1 saturated heterocycles. The second kappa shape index (κ2) is 4.69. The Morgan fingerprint density at radius 1 is 1.47 bits per heavy atom. The Morgan fingerprint density at radius 2 is 2.24 bits per heavy atom. The first-order valence-electron chi connectivity index (χ1n) is 5.82. The van der Waals surface area contributed by atoms with E-state index in [-0.39, 0.29) is 5.92 Å². The number of piperidine rings is 1. The molecule has 2 unspecified atom stereocenters. The molecule has 0 amide bonds. The largest absolute Gasteiger partial charge is 0.481 e. The van der Waals surface area contributed by atoms with E-state index in [4.69, 9.17) is 5.11 Å². The van der Waals surface area contributed by atoms with Gasteiger partial charge in [0.15, 0.2) is 0 Å². The molecule has 0 aromatic carbocycles. The molecule has 1 N–H and O–H groups in total. The summed E-state index contributed by atoms with van der Waals surface area (Å²) >= 11 is 0. The number of carboxylic acids is 1. The van der Waals surface area contributed by atoms with E-state index in [0.717, 1.165) is 24.5 Å². The van der Waals surface area contributed by atoms with E-state index in [1.165, 1.54) is 6.33 Å². The molecule has 0 aliphatic carbocycles. The molecule has 1 fully saturated rings. The maximum absolute atomic E-state index is 11.1. The molecule has 0 saturated carbocycles. The number of rotatable bonds is 2. The summed E-state index contributed by atoms with van der Waals surface area (Å²) in [5.74, 6) is 0.191. The third-order valence-corrected chi connectivity index (χ3v) is 3.12. The van der Waals surface area contributed by atoms with Crippen molar-refractivity contribution in [1.29, 1.82) is 0 Å². The van der Waals surface area contributed by atoms with Crippen LogP contribution in [0, 0.1) is 18.8 Å². The van der Waals surface area contributed by atoms with Crippen LogP contribution in [-0.2, 0) is 4.79 Å². The van der Waals surface area contributed by atoms with E-state index in [9.17, 15) is 4.79 Å². The first-order chi connectivity index (χ1) is 8.06. The number of aromatic nitrogens is 2. The Morgan fingerprint density at radius 3 is 2.88 bits per heavy atom. The van der Waals surface area contributed by atoms with Crippen molar-refractivity contribution in [2.75, 3.05) is 18.0 Å². The summed E-state index contributed by atoms with van der Waals surface area (Å²) in [5.41, 5.74) is 0.903. The van der Waals surface area contributed by atoms with Crippen LogP contribution in [0.4, 0.5) is 5.82 Å². The van der Waals surface area contributed by atoms with Crippen LogP contribution in [0.1, 0.15) is 19.0 Å². The van der Waals surface area contributed by atoms with Gasteiger partial charge in [0.1, 0.15) is 12.1 Å². The van der Waals surface area contributed by atoms with Gasteiger partial charge < -0.3 is 10.0 Å². The van der Waals surface area contributed by atoms with E-state index in [0.29, 0.717) is 12.5 Å². The van der Waals surface area contributed by atoms with Crippen molar-refractivity contribution in [2.24, 2.45) is 11.8 Å². The number of nitrogens with zero attached hydrogens (tertiary/aromatic N) is 3. The fraction of sp³-hybridized carbons (Fsp3) is 0.583. The molecule has 5 heteroatoms. The van der Waals surface area contributed by atoms with Gasteiger partial charge in [-0.25, -0.2) is 9.97 Å². The zero-order valence-electron chi connectivity index (χ0n) is 10.1. The number of anilines is 1. The van der Waals surface area contributed by atoms with Gasteiger partial charge in [-0.1, -0.05) is 6.92 Å². The van der Waals surface area contributed by atoms with Crippen LogP contribution >= 0.6 is 0 Å². The lowest BCUT2D eigenvalue weighted by Gasteiger charge is -2.35. The minimum Gasteiger partial charge on any atom is -0.481 e. The van der Waals surface area contributed by atoms with Crippen LogP contribution in [-0.4, -0.2) is 34.1 Å². The lowest BCUT2D eigenvalue weighted by Crippen LogP contribution is -2.43. The highest BCUT2D eigenvalue weighted by atomic mass is 16.4. The van der Waals surface area contributed by atoms with Gasteiger partial charge in [0.05, 0.1) is 5.92 Å². The molecule has 92 valence electrons. The number of hydrogen-bond donors (Lipinski definition) is 1. The Balaban J connectivity index is 2.18. The summed E-state index contributed by atoms with van der Waals surface area (Å²) in [6, 6.07) is 1.90. The van der Waals surface area contributed by atoms with E-state index in [1.807, 2.05) is 17.9 Å². The highest BCUT2D eigenvalue weighted by molar-refractivity contribution is 5.71. The first kappa shape index (κ1) is 11.8. The van der Waals surface area contributed by atoms with E-state index >= 15 is 0 Å². The van der Waals surface area contributed by atoms with Crippen molar-refractivity contribution < 1.29 is 9.90 Å². The average molecular weight is 235 g/mol. The number of hydrogen-bond acceptors (Lipinski definition) is 4. The Bertz CT molecular complexity index is 422. The molecule has 17 heavy (non-hydrogen) atoms. The summed E-state index contributed by atoms with van der Waals surface area (Å²) in [6.45, 7) is 5.39. The van der Waals surface area contributed by atoms with Gasteiger partial charge in [0.2, 0.25) is 0 Å². The quantitative estimate of drug-likeness (QED) is 0.837. The van der Waals surface area contributed by atoms with Gasteiger partial charge in [-0.2, -0.15) is 0 Å². The average Bonchev–Trinajstić information content (AvgIpc) is 2.28. The Labute approximate surface area is 100 Å². The number of aliphatic carboxylic acids is 1. The Hall–Kier alpha value is -1.65. The highest BCUT2D eigenvalue weighted by Gasteiger charge is 2.30. The van der Waals surface area contributed by atoms with E-state index in [1.54, 1.807) is 0 Å². The number of carboxylic acid groups (broad SMARTS) is 1. The zero-order chi connectivity index (χ0) is 12.4. The van der Waals surface area contributed by atoms with Crippen molar-refractivity contribution in [2.45, 2.75) is 20.3 Å². The number of carbonyl (C=O) groups is 1. The summed E-state index contributed by atoms with van der Waals surface area (Å²) in [7, 11) is 0. The monoisotopic (exact) mass is 235 g/mol. The van der Waals surface area contributed by atoms with Crippen LogP contribution in [0.3, 0.4) is 0 Å². The van der Waals surface area contributed by atoms with Gasteiger partial charge in [-0.15, -0.1) is 0 Å². The fourth-order valence-corrected chi connectivity index (χ4v) is 2.33. The standard InChI is InChI=1S/C12H17N3O2/c1-8-3-10(12(16)17)6-15(5-8)11-4-9(2)13-7-14-11/h4,7-8,10H,3,5-6H2,1-2H3,(H,16,17).